The van der Waals surface area contributed by atoms with Crippen molar-refractivity contribution < 1.29 is 14.6 Å². The number of aromatic hydroxyl groups is 1. The lowest BCUT2D eigenvalue weighted by Crippen LogP contribution is -2.31. The Morgan fingerprint density at radius 3 is 2.80 bits per heavy atom. The number of phenolic OH excluding ortho intramolecular Hbond substituents is 1. The van der Waals surface area contributed by atoms with Crippen molar-refractivity contribution in [3.05, 3.63) is 56.5 Å². The van der Waals surface area contributed by atoms with Gasteiger partial charge >= 0.3 is 0 Å². The van der Waals surface area contributed by atoms with E-state index in [2.05, 4.69) is 5.32 Å². The molecule has 0 aliphatic carbocycles. The average molecular weight is 362 g/mol. The number of aromatic nitrogens is 1. The zero-order chi connectivity index (χ0) is 18.6. The van der Waals surface area contributed by atoms with Crippen molar-refractivity contribution >= 4 is 23.2 Å². The predicted octanol–water partition coefficient (Wildman–Crippen LogP) is 2.17. The molecule has 1 aromatic carbocycles. The molecule has 0 spiro atoms. The molecule has 0 saturated heterocycles. The summed E-state index contributed by atoms with van der Waals surface area (Å²) in [5, 5.41) is 21.8. The van der Waals surface area contributed by atoms with E-state index in [4.69, 9.17) is 16.3 Å². The predicted molar refractivity (Wildman–Crippen MR) is 92.6 cm³/mol. The minimum absolute atomic E-state index is 0.0640. The first-order valence-corrected chi connectivity index (χ1v) is 7.66. The van der Waals surface area contributed by atoms with E-state index in [1.54, 1.807) is 13.0 Å². The quantitative estimate of drug-likeness (QED) is 0.794. The van der Waals surface area contributed by atoms with E-state index in [0.29, 0.717) is 16.3 Å². The Bertz CT molecular complexity index is 915. The summed E-state index contributed by atoms with van der Waals surface area (Å²) in [4.78, 5) is 24.7. The molecular weight excluding hydrogens is 346 g/mol. The van der Waals surface area contributed by atoms with Crippen LogP contribution in [0.2, 0.25) is 5.02 Å². The highest BCUT2D eigenvalue weighted by Gasteiger charge is 2.15. The van der Waals surface area contributed by atoms with E-state index < -0.39 is 11.5 Å². The maximum absolute atomic E-state index is 12.5. The van der Waals surface area contributed by atoms with Gasteiger partial charge in [-0.3, -0.25) is 9.59 Å². The lowest BCUT2D eigenvalue weighted by atomic mass is 10.1. The zero-order valence-corrected chi connectivity index (χ0v) is 14.4. The van der Waals surface area contributed by atoms with Crippen molar-refractivity contribution in [2.24, 2.45) is 0 Å². The number of hydrogen-bond acceptors (Lipinski definition) is 5. The number of amides is 1. The fourth-order valence-electron chi connectivity index (χ4n) is 2.36. The summed E-state index contributed by atoms with van der Waals surface area (Å²) in [6.07, 6.45) is 0. The van der Waals surface area contributed by atoms with E-state index in [1.165, 1.54) is 29.9 Å². The number of aryl methyl sites for hydroxylation is 1. The molecule has 2 rings (SSSR count). The summed E-state index contributed by atoms with van der Waals surface area (Å²) in [6, 6.07) is 7.71. The Kier molecular flexibility index (Phi) is 5.80. The third-order valence-corrected chi connectivity index (χ3v) is 3.77. The molecule has 8 heteroatoms. The van der Waals surface area contributed by atoms with Gasteiger partial charge in [-0.05, 0) is 31.2 Å². The largest absolute Gasteiger partial charge is 0.506 e. The van der Waals surface area contributed by atoms with Crippen LogP contribution in [0.1, 0.15) is 16.8 Å². The van der Waals surface area contributed by atoms with Crippen molar-refractivity contribution in [1.29, 1.82) is 5.26 Å². The maximum atomic E-state index is 12.5. The van der Waals surface area contributed by atoms with Crippen LogP contribution in [0.5, 0.6) is 5.75 Å². The first kappa shape index (κ1) is 18.5. The van der Waals surface area contributed by atoms with Crippen LogP contribution in [0.4, 0.5) is 5.69 Å². The molecule has 130 valence electrons. The molecule has 25 heavy (non-hydrogen) atoms. The van der Waals surface area contributed by atoms with Crippen LogP contribution in [0.25, 0.3) is 0 Å². The first-order chi connectivity index (χ1) is 11.9. The molecule has 1 heterocycles. The maximum Gasteiger partial charge on any atom is 0.269 e. The summed E-state index contributed by atoms with van der Waals surface area (Å²) in [5.74, 6) is -0.680. The molecular formula is C17H16ClN3O4. The van der Waals surface area contributed by atoms with Gasteiger partial charge < -0.3 is 19.7 Å². The Labute approximate surface area is 149 Å². The highest BCUT2D eigenvalue weighted by Crippen LogP contribution is 2.26. The van der Waals surface area contributed by atoms with Gasteiger partial charge in [0.15, 0.2) is 0 Å². The summed E-state index contributed by atoms with van der Waals surface area (Å²) in [7, 11) is 1.47. The SMILES string of the molecule is COCc1cc(C)n(CC(=O)Nc2cc(Cl)ccc2O)c(=O)c1C#N. The molecule has 2 aromatic rings. The first-order valence-electron chi connectivity index (χ1n) is 7.28. The second-order valence-corrected chi connectivity index (χ2v) is 5.77. The normalized spacial score (nSPS) is 10.3. The molecule has 0 aliphatic rings. The third-order valence-electron chi connectivity index (χ3n) is 3.54. The van der Waals surface area contributed by atoms with Crippen LogP contribution >= 0.6 is 11.6 Å². The number of hydrogen-bond donors (Lipinski definition) is 2. The molecule has 0 unspecified atom stereocenters. The number of nitrogens with one attached hydrogen (secondary N) is 1. The number of nitriles is 1. The van der Waals surface area contributed by atoms with E-state index in [9.17, 15) is 20.0 Å². The molecule has 7 nitrogen and oxygen atoms in total. The van der Waals surface area contributed by atoms with Crippen molar-refractivity contribution in [3.8, 4) is 11.8 Å². The van der Waals surface area contributed by atoms with Crippen LogP contribution in [0.15, 0.2) is 29.1 Å². The highest BCUT2D eigenvalue weighted by molar-refractivity contribution is 6.31. The summed E-state index contributed by atoms with van der Waals surface area (Å²) < 4.78 is 6.18. The molecule has 0 saturated carbocycles. The Hall–Kier alpha value is -2.82. The van der Waals surface area contributed by atoms with Gasteiger partial charge in [-0.25, -0.2) is 0 Å². The van der Waals surface area contributed by atoms with Gasteiger partial charge in [0.25, 0.3) is 5.56 Å². The van der Waals surface area contributed by atoms with Crippen LogP contribution in [-0.2, 0) is 22.7 Å². The lowest BCUT2D eigenvalue weighted by molar-refractivity contribution is -0.116. The number of rotatable bonds is 5. The number of phenols is 1. The van der Waals surface area contributed by atoms with Gasteiger partial charge in [0.1, 0.15) is 23.9 Å². The molecule has 2 N–H and O–H groups in total. The molecule has 0 fully saturated rings. The fourth-order valence-corrected chi connectivity index (χ4v) is 2.53. The highest BCUT2D eigenvalue weighted by atomic mass is 35.5. The number of carbonyl (C=O) groups excluding carboxylic acids is 1. The molecule has 0 atom stereocenters. The second-order valence-electron chi connectivity index (χ2n) is 5.33. The van der Waals surface area contributed by atoms with Gasteiger partial charge in [0.2, 0.25) is 5.91 Å². The Balaban J connectivity index is 2.31. The van der Waals surface area contributed by atoms with Crippen LogP contribution in [0, 0.1) is 18.3 Å². The van der Waals surface area contributed by atoms with Crippen molar-refractivity contribution in [3.63, 3.8) is 0 Å². The van der Waals surface area contributed by atoms with E-state index in [1.807, 2.05) is 6.07 Å². The van der Waals surface area contributed by atoms with Gasteiger partial charge in [-0.2, -0.15) is 5.26 Å². The van der Waals surface area contributed by atoms with Crippen molar-refractivity contribution in [2.75, 3.05) is 12.4 Å². The average Bonchev–Trinajstić information content (AvgIpc) is 2.55. The molecule has 1 aromatic heterocycles. The molecule has 0 aliphatic heterocycles. The van der Waals surface area contributed by atoms with Gasteiger partial charge in [-0.15, -0.1) is 0 Å². The number of anilines is 1. The topological polar surface area (TPSA) is 104 Å². The minimum Gasteiger partial charge on any atom is -0.506 e. The van der Waals surface area contributed by atoms with Gasteiger partial charge in [-0.1, -0.05) is 11.6 Å². The zero-order valence-electron chi connectivity index (χ0n) is 13.7. The summed E-state index contributed by atoms with van der Waals surface area (Å²) in [6.45, 7) is 1.48. The van der Waals surface area contributed by atoms with Crippen molar-refractivity contribution in [2.45, 2.75) is 20.1 Å². The second kappa shape index (κ2) is 7.83. The Morgan fingerprint density at radius 2 is 2.16 bits per heavy atom. The van der Waals surface area contributed by atoms with Crippen LogP contribution in [0.3, 0.4) is 0 Å². The van der Waals surface area contributed by atoms with E-state index in [-0.39, 0.29) is 30.2 Å². The number of methoxy groups -OCH3 is 1. The molecule has 0 radical (unpaired) electrons. The smallest absolute Gasteiger partial charge is 0.269 e. The van der Waals surface area contributed by atoms with Crippen LogP contribution < -0.4 is 10.9 Å². The van der Waals surface area contributed by atoms with E-state index >= 15 is 0 Å². The lowest BCUT2D eigenvalue weighted by Gasteiger charge is -2.14. The van der Waals surface area contributed by atoms with E-state index in [0.717, 1.165) is 0 Å². The number of carbonyl (C=O) groups is 1. The fraction of sp³-hybridized carbons (Fsp3) is 0.235. The number of pyridine rings is 1. The number of benzene rings is 1. The molecule has 1 amide bonds. The summed E-state index contributed by atoms with van der Waals surface area (Å²) >= 11 is 5.83. The standard InChI is InChI=1S/C17H16ClN3O4/c1-10-5-11(9-25-2)13(7-19)17(24)21(10)8-16(23)20-14-6-12(18)3-4-15(14)22/h3-6,22H,8-9H2,1-2H3,(H,20,23). The molecule has 0 bridgehead atoms. The summed E-state index contributed by atoms with van der Waals surface area (Å²) in [5.41, 5.74) is 0.490. The monoisotopic (exact) mass is 361 g/mol. The minimum atomic E-state index is -0.569. The number of halogens is 1. The number of nitrogens with zero attached hydrogens (tertiary/aromatic N) is 2. The third kappa shape index (κ3) is 4.18. The number of ether oxygens (including phenoxy) is 1. The van der Waals surface area contributed by atoms with Crippen molar-refractivity contribution in [1.82, 2.24) is 4.57 Å². The van der Waals surface area contributed by atoms with Gasteiger partial charge in [0.05, 0.1) is 12.3 Å². The Morgan fingerprint density at radius 1 is 1.44 bits per heavy atom. The van der Waals surface area contributed by atoms with Gasteiger partial charge in [0, 0.05) is 23.4 Å². The van der Waals surface area contributed by atoms with Crippen LogP contribution in [-0.4, -0.2) is 22.7 Å².